The van der Waals surface area contributed by atoms with Gasteiger partial charge < -0.3 is 0 Å². The highest BCUT2D eigenvalue weighted by Crippen LogP contribution is 2.41. The fraction of sp³-hybridized carbons (Fsp3) is 0.562. The number of nitrogens with zero attached hydrogens (tertiary/aromatic N) is 1. The molecule has 0 fully saturated rings. The first kappa shape index (κ1) is 12.3. The molecule has 0 amide bonds. The van der Waals surface area contributed by atoms with Crippen LogP contribution in [0.1, 0.15) is 59.3 Å². The number of rotatable bonds is 6. The van der Waals surface area contributed by atoms with E-state index in [2.05, 4.69) is 38.1 Å². The van der Waals surface area contributed by atoms with Crippen LogP contribution in [0, 0.1) is 0 Å². The number of allylic oxidation sites excluding steroid dienone is 6. The normalized spacial score (nSPS) is 18.2. The van der Waals surface area contributed by atoms with Gasteiger partial charge in [-0.15, -0.1) is 0 Å². The Hall–Kier alpha value is -1.11. The molecule has 2 rings (SSSR count). The predicted octanol–water partition coefficient (Wildman–Crippen LogP) is 4.96. The lowest BCUT2D eigenvalue weighted by Gasteiger charge is -2.09. The van der Waals surface area contributed by atoms with E-state index in [4.69, 9.17) is 0 Å². The second-order valence-electron chi connectivity index (χ2n) is 4.93. The molecule has 2 aliphatic rings. The van der Waals surface area contributed by atoms with Gasteiger partial charge in [0.25, 0.3) is 0 Å². The Bertz CT molecular complexity index is 419. The van der Waals surface area contributed by atoms with Gasteiger partial charge in [0, 0.05) is 23.1 Å². The summed E-state index contributed by atoms with van der Waals surface area (Å²) in [6.07, 6.45) is 11.6. The fourth-order valence-electron chi connectivity index (χ4n) is 2.79. The molecule has 0 spiro atoms. The molecule has 1 aliphatic carbocycles. The molecule has 1 nitrogen and oxygen atoms in total. The first-order valence-corrected chi connectivity index (χ1v) is 7.03. The molecule has 92 valence electrons. The van der Waals surface area contributed by atoms with Crippen molar-refractivity contribution in [3.05, 3.63) is 34.1 Å². The topological polar surface area (TPSA) is 12.4 Å². The molecule has 0 saturated heterocycles. The minimum absolute atomic E-state index is 1.12. The molecule has 0 aromatic carbocycles. The number of hydrogen-bond acceptors (Lipinski definition) is 1. The second-order valence-corrected chi connectivity index (χ2v) is 4.93. The van der Waals surface area contributed by atoms with Crippen molar-refractivity contribution in [2.75, 3.05) is 0 Å². The summed E-state index contributed by atoms with van der Waals surface area (Å²) in [7, 11) is 0. The highest BCUT2D eigenvalue weighted by atomic mass is 14.8. The van der Waals surface area contributed by atoms with E-state index in [1.165, 1.54) is 48.9 Å². The summed E-state index contributed by atoms with van der Waals surface area (Å²) in [6.45, 7) is 6.76. The average molecular weight is 229 g/mol. The van der Waals surface area contributed by atoms with Gasteiger partial charge in [-0.25, -0.2) is 0 Å². The van der Waals surface area contributed by atoms with E-state index in [1.807, 2.05) is 0 Å². The lowest BCUT2D eigenvalue weighted by molar-refractivity contribution is 0.853. The summed E-state index contributed by atoms with van der Waals surface area (Å²) in [4.78, 5) is 4.59. The highest BCUT2D eigenvalue weighted by Gasteiger charge is 2.25. The Morgan fingerprint density at radius 2 is 1.65 bits per heavy atom. The molecule has 0 unspecified atom stereocenters. The second kappa shape index (κ2) is 5.48. The van der Waals surface area contributed by atoms with Crippen molar-refractivity contribution >= 4 is 6.21 Å². The predicted molar refractivity (Wildman–Crippen MR) is 75.4 cm³/mol. The van der Waals surface area contributed by atoms with Crippen LogP contribution in [0.5, 0.6) is 0 Å². The van der Waals surface area contributed by atoms with Crippen molar-refractivity contribution < 1.29 is 0 Å². The number of hydrogen-bond donors (Lipinski definition) is 0. The molecular weight excluding hydrogens is 206 g/mol. The van der Waals surface area contributed by atoms with Gasteiger partial charge in [0.05, 0.1) is 0 Å². The summed E-state index contributed by atoms with van der Waals surface area (Å²) in [5, 5.41) is 0. The van der Waals surface area contributed by atoms with Crippen LogP contribution in [0.4, 0.5) is 0 Å². The Kier molecular flexibility index (Phi) is 3.98. The van der Waals surface area contributed by atoms with Crippen LogP contribution >= 0.6 is 0 Å². The van der Waals surface area contributed by atoms with Crippen molar-refractivity contribution in [2.45, 2.75) is 59.3 Å². The number of fused-ring (bicyclic) bond motifs is 1. The summed E-state index contributed by atoms with van der Waals surface area (Å²) >= 11 is 0. The van der Waals surface area contributed by atoms with Crippen LogP contribution in [0.15, 0.2) is 39.1 Å². The lowest BCUT2D eigenvalue weighted by atomic mass is 9.95. The molecule has 1 aliphatic heterocycles. The van der Waals surface area contributed by atoms with Gasteiger partial charge in [0.15, 0.2) is 0 Å². The molecule has 0 radical (unpaired) electrons. The highest BCUT2D eigenvalue weighted by molar-refractivity contribution is 5.94. The van der Waals surface area contributed by atoms with E-state index in [9.17, 15) is 0 Å². The molecule has 0 bridgehead atoms. The Morgan fingerprint density at radius 3 is 2.29 bits per heavy atom. The zero-order chi connectivity index (χ0) is 12.3. The zero-order valence-corrected chi connectivity index (χ0v) is 11.3. The van der Waals surface area contributed by atoms with Gasteiger partial charge >= 0.3 is 0 Å². The molecule has 0 saturated carbocycles. The largest absolute Gasteiger partial charge is 0.260 e. The van der Waals surface area contributed by atoms with Crippen molar-refractivity contribution in [1.82, 2.24) is 0 Å². The third-order valence-electron chi connectivity index (χ3n) is 3.46. The van der Waals surface area contributed by atoms with Gasteiger partial charge in [-0.05, 0) is 36.5 Å². The summed E-state index contributed by atoms with van der Waals surface area (Å²) in [5.41, 5.74) is 7.34. The maximum Gasteiger partial charge on any atom is 0.0485 e. The van der Waals surface area contributed by atoms with Gasteiger partial charge in [-0.2, -0.15) is 0 Å². The van der Waals surface area contributed by atoms with Crippen LogP contribution in [-0.2, 0) is 0 Å². The molecule has 1 heterocycles. The first-order chi connectivity index (χ1) is 8.31. The molecule has 1 heteroatoms. The lowest BCUT2D eigenvalue weighted by Crippen LogP contribution is -1.92. The van der Waals surface area contributed by atoms with Crippen LogP contribution in [0.25, 0.3) is 0 Å². The van der Waals surface area contributed by atoms with Crippen molar-refractivity contribution in [1.29, 1.82) is 0 Å². The molecule has 17 heavy (non-hydrogen) atoms. The van der Waals surface area contributed by atoms with Gasteiger partial charge in [0.2, 0.25) is 0 Å². The zero-order valence-electron chi connectivity index (χ0n) is 11.3. The monoisotopic (exact) mass is 229 g/mol. The molecule has 0 N–H and O–H groups in total. The van der Waals surface area contributed by atoms with Crippen LogP contribution in [0.3, 0.4) is 0 Å². The quantitative estimate of drug-likeness (QED) is 0.610. The van der Waals surface area contributed by atoms with Gasteiger partial charge in [0.1, 0.15) is 0 Å². The Morgan fingerprint density at radius 1 is 0.941 bits per heavy atom. The maximum absolute atomic E-state index is 4.59. The SMILES string of the molecule is CCCC1=C(CCC)C2=C(CCC)N=CC2=C1. The molecular formula is C16H23N. The standard InChI is InChI=1S/C16H23N/c1-4-7-12-10-13-11-17-15(9-6-3)16(13)14(12)8-5-2/h10-11H,4-9H2,1-3H3. The van der Waals surface area contributed by atoms with Crippen LogP contribution in [0.2, 0.25) is 0 Å². The molecule has 0 aromatic heterocycles. The third kappa shape index (κ3) is 2.29. The molecule has 0 aromatic rings. The minimum atomic E-state index is 1.12. The third-order valence-corrected chi connectivity index (χ3v) is 3.46. The Balaban J connectivity index is 2.35. The van der Waals surface area contributed by atoms with Crippen molar-refractivity contribution in [3.63, 3.8) is 0 Å². The average Bonchev–Trinajstić information content (AvgIpc) is 2.83. The van der Waals surface area contributed by atoms with E-state index < -0.39 is 0 Å². The van der Waals surface area contributed by atoms with E-state index in [-0.39, 0.29) is 0 Å². The summed E-state index contributed by atoms with van der Waals surface area (Å²) in [5.74, 6) is 0. The summed E-state index contributed by atoms with van der Waals surface area (Å²) in [6, 6.07) is 0. The van der Waals surface area contributed by atoms with Crippen molar-refractivity contribution in [2.24, 2.45) is 4.99 Å². The van der Waals surface area contributed by atoms with E-state index in [1.54, 1.807) is 11.1 Å². The van der Waals surface area contributed by atoms with E-state index in [0.717, 1.165) is 6.42 Å². The Labute approximate surface area is 105 Å². The maximum atomic E-state index is 4.59. The minimum Gasteiger partial charge on any atom is -0.260 e. The van der Waals surface area contributed by atoms with Crippen LogP contribution in [-0.4, -0.2) is 6.21 Å². The first-order valence-electron chi connectivity index (χ1n) is 7.03. The summed E-state index contributed by atoms with van der Waals surface area (Å²) < 4.78 is 0. The van der Waals surface area contributed by atoms with Crippen LogP contribution < -0.4 is 0 Å². The number of aliphatic imine (C=N–C) groups is 1. The van der Waals surface area contributed by atoms with Crippen molar-refractivity contribution in [3.8, 4) is 0 Å². The van der Waals surface area contributed by atoms with E-state index in [0.29, 0.717) is 0 Å². The van der Waals surface area contributed by atoms with E-state index >= 15 is 0 Å². The fourth-order valence-corrected chi connectivity index (χ4v) is 2.79. The van der Waals surface area contributed by atoms with Gasteiger partial charge in [-0.3, -0.25) is 4.99 Å². The van der Waals surface area contributed by atoms with Gasteiger partial charge in [-0.1, -0.05) is 40.0 Å². The smallest absolute Gasteiger partial charge is 0.0485 e. The molecule has 0 atom stereocenters.